The molecular weight excluding hydrogens is 497 g/mol. The number of nitrogens with one attached hydrogen (secondary N) is 3. The summed E-state index contributed by atoms with van der Waals surface area (Å²) in [5, 5.41) is 7.60. The molecule has 0 aromatic heterocycles. The number of carbonyl (C=O) groups excluding carboxylic acids is 2. The van der Waals surface area contributed by atoms with Crippen LogP contribution in [-0.4, -0.2) is 23.6 Å². The number of hydrogen-bond acceptors (Lipinski definition) is 5. The minimum Gasteiger partial charge on any atom is -0.404 e. The Morgan fingerprint density at radius 3 is 2.43 bits per heavy atom. The molecule has 1 saturated carbocycles. The molecule has 0 saturated heterocycles. The second-order valence-electron chi connectivity index (χ2n) is 8.45. The maximum Gasteiger partial charge on any atom is 0.418 e. The van der Waals surface area contributed by atoms with E-state index >= 15 is 0 Å². The van der Waals surface area contributed by atoms with Gasteiger partial charge < -0.3 is 21.7 Å². The molecule has 0 radical (unpaired) electrons. The monoisotopic (exact) mass is 521 g/mol. The molecule has 0 spiro atoms. The van der Waals surface area contributed by atoms with E-state index < -0.39 is 46.4 Å². The zero-order valence-corrected chi connectivity index (χ0v) is 19.7. The molecule has 0 atom stereocenters. The van der Waals surface area contributed by atoms with Crippen molar-refractivity contribution in [3.63, 3.8) is 0 Å². The smallest absolute Gasteiger partial charge is 0.404 e. The Labute approximate surface area is 209 Å². The topological polar surface area (TPSA) is 109 Å². The molecule has 196 valence electrons. The van der Waals surface area contributed by atoms with E-state index in [0.29, 0.717) is 24.6 Å². The molecule has 5 N–H and O–H groups in total. The third kappa shape index (κ3) is 6.93. The van der Waals surface area contributed by atoms with Crippen molar-refractivity contribution in [1.82, 2.24) is 10.6 Å². The van der Waals surface area contributed by atoms with Gasteiger partial charge in [-0.3, -0.25) is 14.6 Å². The summed E-state index contributed by atoms with van der Waals surface area (Å²) in [5.41, 5.74) is 3.15. The van der Waals surface area contributed by atoms with E-state index in [1.54, 1.807) is 6.92 Å². The van der Waals surface area contributed by atoms with E-state index in [-0.39, 0.29) is 23.4 Å². The zero-order chi connectivity index (χ0) is 27.4. The minimum atomic E-state index is -4.82. The number of carbonyl (C=O) groups is 2. The van der Waals surface area contributed by atoms with E-state index in [2.05, 4.69) is 27.5 Å². The number of nitrogens with zero attached hydrogens (tertiary/aromatic N) is 1. The van der Waals surface area contributed by atoms with Gasteiger partial charge in [-0.2, -0.15) is 13.2 Å². The molecule has 37 heavy (non-hydrogen) atoms. The highest BCUT2D eigenvalue weighted by Gasteiger charge is 2.51. The van der Waals surface area contributed by atoms with Gasteiger partial charge in [0.15, 0.2) is 0 Å². The zero-order valence-electron chi connectivity index (χ0n) is 19.7. The van der Waals surface area contributed by atoms with Gasteiger partial charge in [0.25, 0.3) is 5.91 Å². The molecule has 0 unspecified atom stereocenters. The molecule has 12 heteroatoms. The maximum absolute atomic E-state index is 14.6. The van der Waals surface area contributed by atoms with E-state index in [4.69, 9.17) is 5.73 Å². The molecule has 1 fully saturated rings. The van der Waals surface area contributed by atoms with Gasteiger partial charge in [0, 0.05) is 35.9 Å². The molecule has 0 bridgehead atoms. The summed E-state index contributed by atoms with van der Waals surface area (Å²) in [7, 11) is 0. The number of rotatable bonds is 9. The van der Waals surface area contributed by atoms with Crippen LogP contribution in [0.15, 0.2) is 65.4 Å². The quantitative estimate of drug-likeness (QED) is 0.222. The van der Waals surface area contributed by atoms with Gasteiger partial charge in [-0.05, 0) is 50.1 Å². The molecular formula is C25H24F5N5O2. The molecule has 7 nitrogen and oxygen atoms in total. The predicted octanol–water partition coefficient (Wildman–Crippen LogP) is 4.44. The molecule has 1 aliphatic carbocycles. The van der Waals surface area contributed by atoms with Crippen LogP contribution in [0.1, 0.15) is 30.9 Å². The van der Waals surface area contributed by atoms with Crippen molar-refractivity contribution in [1.29, 1.82) is 0 Å². The third-order valence-electron chi connectivity index (χ3n) is 5.46. The number of allylic oxidation sites excluding steroid dienone is 1. The highest BCUT2D eigenvalue weighted by Crippen LogP contribution is 2.37. The van der Waals surface area contributed by atoms with E-state index in [0.717, 1.165) is 24.4 Å². The molecule has 0 heterocycles. The maximum atomic E-state index is 14.6. The van der Waals surface area contributed by atoms with Crippen LogP contribution in [0.3, 0.4) is 0 Å². The van der Waals surface area contributed by atoms with Crippen LogP contribution >= 0.6 is 0 Å². The fourth-order valence-electron chi connectivity index (χ4n) is 3.31. The highest BCUT2D eigenvalue weighted by molar-refractivity contribution is 6.13. The van der Waals surface area contributed by atoms with Gasteiger partial charge in [0.1, 0.15) is 17.2 Å². The number of amides is 2. The van der Waals surface area contributed by atoms with E-state index in [1.165, 1.54) is 18.3 Å². The lowest BCUT2D eigenvalue weighted by molar-refractivity contribution is -0.137. The van der Waals surface area contributed by atoms with Gasteiger partial charge in [0.2, 0.25) is 5.91 Å². The van der Waals surface area contributed by atoms with Crippen molar-refractivity contribution < 1.29 is 31.5 Å². The second kappa shape index (κ2) is 10.8. The lowest BCUT2D eigenvalue weighted by Gasteiger charge is -2.18. The largest absolute Gasteiger partial charge is 0.418 e. The Bertz CT molecular complexity index is 1280. The first-order chi connectivity index (χ1) is 17.3. The van der Waals surface area contributed by atoms with Crippen molar-refractivity contribution in [2.45, 2.75) is 38.0 Å². The molecule has 2 amide bonds. The van der Waals surface area contributed by atoms with Gasteiger partial charge in [-0.15, -0.1) is 0 Å². The summed E-state index contributed by atoms with van der Waals surface area (Å²) in [6.45, 7) is 4.98. The normalized spacial score (nSPS) is 14.8. The predicted molar refractivity (Wildman–Crippen MR) is 129 cm³/mol. The number of alkyl halides is 3. The molecule has 2 aromatic rings. The molecule has 0 aliphatic heterocycles. The van der Waals surface area contributed by atoms with E-state index in [9.17, 15) is 31.5 Å². The summed E-state index contributed by atoms with van der Waals surface area (Å²) >= 11 is 0. The molecule has 2 aromatic carbocycles. The Morgan fingerprint density at radius 1 is 1.16 bits per heavy atom. The Balaban J connectivity index is 1.64. The fourth-order valence-corrected chi connectivity index (χ4v) is 3.31. The first-order valence-corrected chi connectivity index (χ1v) is 11.0. The fraction of sp³-hybridized carbons (Fsp3) is 0.240. The first-order valence-electron chi connectivity index (χ1n) is 11.0. The van der Waals surface area contributed by atoms with Crippen LogP contribution in [0.2, 0.25) is 0 Å². The average Bonchev–Trinajstić information content (AvgIpc) is 3.59. The SMILES string of the molecule is C=C(C)/N=C\C(=C/N)C(=O)NC1(C(=O)NCc2ccc(Nc3ccc(F)cc3C(F)(F)F)cc2F)CC1. The second-order valence-corrected chi connectivity index (χ2v) is 8.45. The highest BCUT2D eigenvalue weighted by atomic mass is 19.4. The summed E-state index contributed by atoms with van der Waals surface area (Å²) < 4.78 is 67.5. The van der Waals surface area contributed by atoms with Crippen molar-refractivity contribution in [3.05, 3.63) is 83.2 Å². The first kappa shape index (κ1) is 27.4. The Morgan fingerprint density at radius 2 is 1.86 bits per heavy atom. The van der Waals surface area contributed by atoms with Crippen LogP contribution in [0.25, 0.3) is 0 Å². The van der Waals surface area contributed by atoms with Crippen molar-refractivity contribution in [2.24, 2.45) is 10.7 Å². The number of benzene rings is 2. The van der Waals surface area contributed by atoms with Crippen molar-refractivity contribution in [2.75, 3.05) is 5.32 Å². The third-order valence-corrected chi connectivity index (χ3v) is 5.46. The standard InChI is InChI=1S/C25H24F5N5O2/c1-14(2)32-13-16(11-31)22(36)35-24(7-8-24)23(37)33-12-15-3-5-18(10-20(15)27)34-21-6-4-17(26)9-19(21)25(28,29)30/h3-6,9-11,13,34H,1,7-8,12,31H2,2H3,(H,33,37)(H,35,36)/b16-11+,32-13-. The lowest BCUT2D eigenvalue weighted by Crippen LogP contribution is -2.49. The van der Waals surface area contributed by atoms with Crippen LogP contribution < -0.4 is 21.7 Å². The number of nitrogens with two attached hydrogens (primary N) is 1. The lowest BCUT2D eigenvalue weighted by atomic mass is 10.1. The molecule has 1 aliphatic rings. The van der Waals surface area contributed by atoms with Crippen LogP contribution in [0.5, 0.6) is 0 Å². The number of halogens is 5. The van der Waals surface area contributed by atoms with Crippen molar-refractivity contribution in [3.8, 4) is 0 Å². The number of hydrogen-bond donors (Lipinski definition) is 4. The molecule has 3 rings (SSSR count). The summed E-state index contributed by atoms with van der Waals surface area (Å²) in [6, 6.07) is 5.67. The Kier molecular flexibility index (Phi) is 7.99. The van der Waals surface area contributed by atoms with Crippen LogP contribution in [-0.2, 0) is 22.3 Å². The van der Waals surface area contributed by atoms with E-state index in [1.807, 2.05) is 0 Å². The summed E-state index contributed by atoms with van der Waals surface area (Å²) in [5.74, 6) is -2.99. The van der Waals surface area contributed by atoms with Gasteiger partial charge in [-0.25, -0.2) is 8.78 Å². The summed E-state index contributed by atoms with van der Waals surface area (Å²) in [6.07, 6.45) is -1.82. The van der Waals surface area contributed by atoms with Crippen LogP contribution in [0.4, 0.5) is 33.3 Å². The van der Waals surface area contributed by atoms with Gasteiger partial charge >= 0.3 is 6.18 Å². The minimum absolute atomic E-state index is 0.00635. The number of aliphatic imine (C=N–C) groups is 1. The van der Waals surface area contributed by atoms with Crippen LogP contribution in [0, 0.1) is 11.6 Å². The average molecular weight is 521 g/mol. The Hall–Kier alpha value is -4.22. The van der Waals surface area contributed by atoms with Gasteiger partial charge in [-0.1, -0.05) is 12.6 Å². The van der Waals surface area contributed by atoms with Crippen molar-refractivity contribution >= 4 is 29.4 Å². The number of anilines is 2. The van der Waals surface area contributed by atoms with Gasteiger partial charge in [0.05, 0.1) is 16.8 Å². The summed E-state index contributed by atoms with van der Waals surface area (Å²) in [4.78, 5) is 29.0.